The SMILES string of the molecule is CCC(NC(=O)CCC1CCNC1)c1nccs1. The molecule has 2 unspecified atom stereocenters. The van der Waals surface area contributed by atoms with Crippen molar-refractivity contribution in [3.8, 4) is 0 Å². The molecule has 18 heavy (non-hydrogen) atoms. The van der Waals surface area contributed by atoms with Crippen LogP contribution in [0.2, 0.25) is 0 Å². The van der Waals surface area contributed by atoms with E-state index in [0.29, 0.717) is 12.3 Å². The number of amides is 1. The molecule has 1 aliphatic rings. The van der Waals surface area contributed by atoms with Crippen LogP contribution in [0.4, 0.5) is 0 Å². The van der Waals surface area contributed by atoms with Gasteiger partial charge in [-0.2, -0.15) is 0 Å². The highest BCUT2D eigenvalue weighted by Gasteiger charge is 2.18. The van der Waals surface area contributed by atoms with Gasteiger partial charge in [-0.05, 0) is 38.3 Å². The Hall–Kier alpha value is -0.940. The lowest BCUT2D eigenvalue weighted by Crippen LogP contribution is -2.28. The summed E-state index contributed by atoms with van der Waals surface area (Å²) in [4.78, 5) is 16.2. The summed E-state index contributed by atoms with van der Waals surface area (Å²) in [6.45, 7) is 4.24. The van der Waals surface area contributed by atoms with Gasteiger partial charge in [-0.25, -0.2) is 4.98 Å². The molecule has 1 saturated heterocycles. The molecule has 1 fully saturated rings. The molecule has 1 aliphatic heterocycles. The zero-order valence-electron chi connectivity index (χ0n) is 10.8. The molecule has 0 aromatic carbocycles. The summed E-state index contributed by atoms with van der Waals surface area (Å²) in [6, 6.07) is 0.0826. The van der Waals surface area contributed by atoms with Crippen molar-refractivity contribution >= 4 is 17.2 Å². The van der Waals surface area contributed by atoms with E-state index in [2.05, 4.69) is 22.5 Å². The van der Waals surface area contributed by atoms with E-state index in [0.717, 1.165) is 30.9 Å². The third kappa shape index (κ3) is 3.78. The van der Waals surface area contributed by atoms with Gasteiger partial charge in [0.25, 0.3) is 0 Å². The summed E-state index contributed by atoms with van der Waals surface area (Å²) in [5, 5.41) is 9.37. The fourth-order valence-electron chi connectivity index (χ4n) is 2.31. The average molecular weight is 267 g/mol. The molecule has 0 radical (unpaired) electrons. The Balaban J connectivity index is 1.75. The molecule has 1 amide bonds. The Kier molecular flexibility index (Phi) is 5.13. The van der Waals surface area contributed by atoms with Crippen LogP contribution in [0.1, 0.15) is 43.7 Å². The number of carbonyl (C=O) groups excluding carboxylic acids is 1. The van der Waals surface area contributed by atoms with Gasteiger partial charge < -0.3 is 10.6 Å². The van der Waals surface area contributed by atoms with Crippen LogP contribution in [-0.4, -0.2) is 24.0 Å². The third-order valence-corrected chi connectivity index (χ3v) is 4.32. The van der Waals surface area contributed by atoms with E-state index >= 15 is 0 Å². The molecule has 0 aliphatic carbocycles. The van der Waals surface area contributed by atoms with Gasteiger partial charge in [0.15, 0.2) is 0 Å². The highest BCUT2D eigenvalue weighted by atomic mass is 32.1. The van der Waals surface area contributed by atoms with Crippen LogP contribution in [0.3, 0.4) is 0 Å². The molecular formula is C13H21N3OS. The zero-order valence-corrected chi connectivity index (χ0v) is 11.6. The minimum absolute atomic E-state index is 0.0826. The van der Waals surface area contributed by atoms with E-state index in [1.54, 1.807) is 17.5 Å². The minimum atomic E-state index is 0.0826. The van der Waals surface area contributed by atoms with Crippen LogP contribution in [0.25, 0.3) is 0 Å². The molecular weight excluding hydrogens is 246 g/mol. The van der Waals surface area contributed by atoms with Crippen molar-refractivity contribution < 1.29 is 4.79 Å². The van der Waals surface area contributed by atoms with Gasteiger partial charge >= 0.3 is 0 Å². The van der Waals surface area contributed by atoms with Gasteiger partial charge in [0.05, 0.1) is 6.04 Å². The predicted octanol–water partition coefficient (Wildman–Crippen LogP) is 2.10. The maximum Gasteiger partial charge on any atom is 0.220 e. The van der Waals surface area contributed by atoms with Crippen molar-refractivity contribution in [1.29, 1.82) is 0 Å². The number of hydrogen-bond donors (Lipinski definition) is 2. The lowest BCUT2D eigenvalue weighted by atomic mass is 10.0. The summed E-state index contributed by atoms with van der Waals surface area (Å²) in [5.74, 6) is 0.833. The predicted molar refractivity (Wildman–Crippen MR) is 73.5 cm³/mol. The molecule has 0 bridgehead atoms. The van der Waals surface area contributed by atoms with Crippen molar-refractivity contribution in [3.05, 3.63) is 16.6 Å². The molecule has 1 aromatic heterocycles. The standard InChI is InChI=1S/C13H21N3OS/c1-2-11(13-15-7-8-18-13)16-12(17)4-3-10-5-6-14-9-10/h7-8,10-11,14H,2-6,9H2,1H3,(H,16,17). The van der Waals surface area contributed by atoms with Crippen LogP contribution >= 0.6 is 11.3 Å². The molecule has 5 heteroatoms. The van der Waals surface area contributed by atoms with Crippen LogP contribution in [0, 0.1) is 5.92 Å². The fourth-order valence-corrected chi connectivity index (χ4v) is 3.08. The maximum absolute atomic E-state index is 11.9. The molecule has 2 rings (SSSR count). The normalized spacial score (nSPS) is 20.8. The topological polar surface area (TPSA) is 54.0 Å². The summed E-state index contributed by atoms with van der Waals surface area (Å²) < 4.78 is 0. The lowest BCUT2D eigenvalue weighted by Gasteiger charge is -2.15. The van der Waals surface area contributed by atoms with Gasteiger partial charge in [-0.15, -0.1) is 11.3 Å². The average Bonchev–Trinajstić information content (AvgIpc) is 3.05. The number of carbonyl (C=O) groups is 1. The van der Waals surface area contributed by atoms with Gasteiger partial charge in [0.2, 0.25) is 5.91 Å². The van der Waals surface area contributed by atoms with E-state index in [1.165, 1.54) is 6.42 Å². The van der Waals surface area contributed by atoms with Gasteiger partial charge in [-0.3, -0.25) is 4.79 Å². The Morgan fingerprint density at radius 3 is 3.22 bits per heavy atom. The molecule has 100 valence electrons. The molecule has 2 heterocycles. The first-order valence-corrected chi connectivity index (χ1v) is 7.57. The molecule has 2 N–H and O–H groups in total. The zero-order chi connectivity index (χ0) is 12.8. The summed E-state index contributed by atoms with van der Waals surface area (Å²) in [6.07, 6.45) is 5.52. The summed E-state index contributed by atoms with van der Waals surface area (Å²) in [7, 11) is 0. The molecule has 1 aromatic rings. The first-order chi connectivity index (χ1) is 8.79. The van der Waals surface area contributed by atoms with E-state index in [1.807, 2.05) is 5.38 Å². The lowest BCUT2D eigenvalue weighted by molar-refractivity contribution is -0.122. The monoisotopic (exact) mass is 267 g/mol. The second-order valence-corrected chi connectivity index (χ2v) is 5.72. The summed E-state index contributed by atoms with van der Waals surface area (Å²) in [5.41, 5.74) is 0. The van der Waals surface area contributed by atoms with Crippen molar-refractivity contribution in [3.63, 3.8) is 0 Å². The first kappa shape index (κ1) is 13.5. The van der Waals surface area contributed by atoms with E-state index < -0.39 is 0 Å². The second kappa shape index (κ2) is 6.85. The number of thiazole rings is 1. The van der Waals surface area contributed by atoms with Crippen molar-refractivity contribution in [2.75, 3.05) is 13.1 Å². The number of nitrogens with one attached hydrogen (secondary N) is 2. The summed E-state index contributed by atoms with van der Waals surface area (Å²) >= 11 is 1.61. The van der Waals surface area contributed by atoms with Crippen molar-refractivity contribution in [1.82, 2.24) is 15.6 Å². The van der Waals surface area contributed by atoms with E-state index in [-0.39, 0.29) is 11.9 Å². The van der Waals surface area contributed by atoms with Crippen LogP contribution in [0.15, 0.2) is 11.6 Å². The maximum atomic E-state index is 11.9. The number of aromatic nitrogens is 1. The van der Waals surface area contributed by atoms with E-state index in [4.69, 9.17) is 0 Å². The number of nitrogens with zero attached hydrogens (tertiary/aromatic N) is 1. The van der Waals surface area contributed by atoms with Crippen LogP contribution < -0.4 is 10.6 Å². The highest BCUT2D eigenvalue weighted by molar-refractivity contribution is 7.09. The molecule has 0 spiro atoms. The highest BCUT2D eigenvalue weighted by Crippen LogP contribution is 2.19. The van der Waals surface area contributed by atoms with Crippen LogP contribution in [-0.2, 0) is 4.79 Å². The number of rotatable bonds is 6. The fraction of sp³-hybridized carbons (Fsp3) is 0.692. The molecule has 2 atom stereocenters. The smallest absolute Gasteiger partial charge is 0.220 e. The Bertz CT molecular complexity index is 360. The molecule has 4 nitrogen and oxygen atoms in total. The second-order valence-electron chi connectivity index (χ2n) is 4.80. The minimum Gasteiger partial charge on any atom is -0.347 e. The third-order valence-electron chi connectivity index (χ3n) is 3.44. The first-order valence-electron chi connectivity index (χ1n) is 6.69. The largest absolute Gasteiger partial charge is 0.347 e. The Morgan fingerprint density at radius 1 is 1.72 bits per heavy atom. The van der Waals surface area contributed by atoms with Crippen molar-refractivity contribution in [2.45, 2.75) is 38.6 Å². The van der Waals surface area contributed by atoms with E-state index in [9.17, 15) is 4.79 Å². The van der Waals surface area contributed by atoms with Gasteiger partial charge in [-0.1, -0.05) is 6.92 Å². The van der Waals surface area contributed by atoms with Crippen LogP contribution in [0.5, 0.6) is 0 Å². The van der Waals surface area contributed by atoms with Gasteiger partial charge in [0, 0.05) is 18.0 Å². The van der Waals surface area contributed by atoms with Gasteiger partial charge in [0.1, 0.15) is 5.01 Å². The number of hydrogen-bond acceptors (Lipinski definition) is 4. The van der Waals surface area contributed by atoms with Crippen molar-refractivity contribution in [2.24, 2.45) is 5.92 Å². The quantitative estimate of drug-likeness (QED) is 0.830. The molecule has 0 saturated carbocycles. The Morgan fingerprint density at radius 2 is 2.61 bits per heavy atom. The Labute approximate surface area is 112 Å².